The van der Waals surface area contributed by atoms with Crippen LogP contribution in [0.4, 0.5) is 5.69 Å². The average Bonchev–Trinajstić information content (AvgIpc) is 2.90. The molecule has 0 bridgehead atoms. The molecule has 0 aliphatic heterocycles. The molecule has 3 aliphatic rings. The van der Waals surface area contributed by atoms with Gasteiger partial charge in [-0.05, 0) is 62.2 Å². The molecular formula is C30H31N3O9. The average molecular weight is 578 g/mol. The molecule has 0 saturated carbocycles. The van der Waals surface area contributed by atoms with Crippen molar-refractivity contribution < 1.29 is 44.7 Å². The number of ketones is 2. The molecule has 1 amide bonds. The zero-order chi connectivity index (χ0) is 31.0. The number of benzene rings is 2. The summed E-state index contributed by atoms with van der Waals surface area (Å²) in [7, 11) is 6.65. The number of hydrogen-bond acceptors (Lipinski definition) is 10. The Morgan fingerprint density at radius 3 is 2.17 bits per heavy atom. The van der Waals surface area contributed by atoms with E-state index in [0.717, 1.165) is 0 Å². The summed E-state index contributed by atoms with van der Waals surface area (Å²) in [5.74, 6) is -8.32. The van der Waals surface area contributed by atoms with Crippen molar-refractivity contribution in [2.24, 2.45) is 17.6 Å². The lowest BCUT2D eigenvalue weighted by Crippen LogP contribution is -2.63. The normalized spacial score (nSPS) is 25.2. The van der Waals surface area contributed by atoms with Crippen LogP contribution in [0.1, 0.15) is 32.7 Å². The molecule has 0 saturated heterocycles. The largest absolute Gasteiger partial charge is 0.510 e. The second-order valence-electron chi connectivity index (χ2n) is 11.4. The van der Waals surface area contributed by atoms with Gasteiger partial charge in [-0.1, -0.05) is 12.1 Å². The lowest BCUT2D eigenvalue weighted by atomic mass is 9.58. The summed E-state index contributed by atoms with van der Waals surface area (Å²) in [6, 6.07) is 6.34. The third-order valence-corrected chi connectivity index (χ3v) is 8.62. The number of aliphatic hydroxyl groups is 3. The number of phenols is 1. The summed E-state index contributed by atoms with van der Waals surface area (Å²) in [5, 5.41) is 54.9. The molecule has 0 aromatic heterocycles. The van der Waals surface area contributed by atoms with E-state index in [1.807, 2.05) is 0 Å². The van der Waals surface area contributed by atoms with Crippen LogP contribution in [0.2, 0.25) is 0 Å². The van der Waals surface area contributed by atoms with E-state index in [9.17, 15) is 44.7 Å². The lowest BCUT2D eigenvalue weighted by molar-refractivity contribution is -0.148. The van der Waals surface area contributed by atoms with Gasteiger partial charge in [-0.3, -0.25) is 19.3 Å². The van der Waals surface area contributed by atoms with Gasteiger partial charge < -0.3 is 36.2 Å². The number of hydrogen-bond donors (Lipinski definition) is 6. The third kappa shape index (κ3) is 3.90. The van der Waals surface area contributed by atoms with Gasteiger partial charge in [0, 0.05) is 36.8 Å². The van der Waals surface area contributed by atoms with Gasteiger partial charge in [0.15, 0.2) is 11.4 Å². The maximum Gasteiger partial charge on any atom is 0.335 e. The van der Waals surface area contributed by atoms with Crippen LogP contribution in [0.25, 0.3) is 11.1 Å². The fourth-order valence-corrected chi connectivity index (χ4v) is 6.71. The first-order valence-electron chi connectivity index (χ1n) is 13.2. The zero-order valence-electron chi connectivity index (χ0n) is 23.4. The highest BCUT2D eigenvalue weighted by Crippen LogP contribution is 2.54. The van der Waals surface area contributed by atoms with Crippen molar-refractivity contribution in [1.82, 2.24) is 4.90 Å². The minimum atomic E-state index is -2.73. The lowest BCUT2D eigenvalue weighted by Gasteiger charge is -2.50. The van der Waals surface area contributed by atoms with Crippen LogP contribution in [0.3, 0.4) is 0 Å². The molecule has 0 fully saturated rings. The molecule has 3 aliphatic carbocycles. The summed E-state index contributed by atoms with van der Waals surface area (Å²) in [6.07, 6.45) is 0.131. The van der Waals surface area contributed by atoms with E-state index in [4.69, 9.17) is 5.73 Å². The number of carboxylic acid groups (broad SMARTS) is 1. The maximum atomic E-state index is 14.1. The highest BCUT2D eigenvalue weighted by atomic mass is 16.4. The molecule has 0 unspecified atom stereocenters. The van der Waals surface area contributed by atoms with E-state index in [1.54, 1.807) is 39.2 Å². The number of likely N-dealkylation sites (N-methyl/N-ethyl adjacent to an activating group) is 1. The van der Waals surface area contributed by atoms with Gasteiger partial charge >= 0.3 is 5.97 Å². The maximum absolute atomic E-state index is 14.1. The van der Waals surface area contributed by atoms with Crippen molar-refractivity contribution in [1.29, 1.82) is 0 Å². The number of aliphatic hydroxyl groups excluding tert-OH is 2. The molecule has 7 N–H and O–H groups in total. The summed E-state index contributed by atoms with van der Waals surface area (Å²) in [6.45, 7) is 0. The monoisotopic (exact) mass is 577 g/mol. The van der Waals surface area contributed by atoms with E-state index in [2.05, 4.69) is 0 Å². The van der Waals surface area contributed by atoms with Crippen molar-refractivity contribution >= 4 is 29.1 Å². The Hall–Kier alpha value is -4.68. The number of nitrogens with two attached hydrogens (primary N) is 1. The number of primary amides is 1. The fraction of sp³-hybridized carbons (Fsp3) is 0.333. The van der Waals surface area contributed by atoms with Crippen LogP contribution >= 0.6 is 0 Å². The fourth-order valence-electron chi connectivity index (χ4n) is 6.71. The van der Waals surface area contributed by atoms with E-state index < -0.39 is 69.8 Å². The number of anilines is 1. The number of allylic oxidation sites excluding steroid dienone is 1. The van der Waals surface area contributed by atoms with Gasteiger partial charge in [-0.2, -0.15) is 0 Å². The van der Waals surface area contributed by atoms with Gasteiger partial charge in [0.2, 0.25) is 5.78 Å². The van der Waals surface area contributed by atoms with Gasteiger partial charge in [0.05, 0.1) is 17.2 Å². The number of rotatable bonds is 5. The number of fused-ring (bicyclic) bond motifs is 3. The van der Waals surface area contributed by atoms with Crippen LogP contribution in [-0.2, 0) is 16.0 Å². The Morgan fingerprint density at radius 2 is 1.64 bits per heavy atom. The SMILES string of the molecule is CN(C)c1cc(-c2ccc(C(=O)O)cc2)c(O)c2c1C[C@H]1C[C@H]3[C@H](N(C)C)C(O)=C(C(N)=O)C(=O)[C@@]3(O)C(O)=C1C2=O. The summed E-state index contributed by atoms with van der Waals surface area (Å²) >= 11 is 0. The smallest absolute Gasteiger partial charge is 0.335 e. The minimum absolute atomic E-state index is 0.0161. The summed E-state index contributed by atoms with van der Waals surface area (Å²) < 4.78 is 0. The summed E-state index contributed by atoms with van der Waals surface area (Å²) in [4.78, 5) is 54.4. The van der Waals surface area contributed by atoms with Crippen LogP contribution < -0.4 is 10.6 Å². The quantitative estimate of drug-likeness (QED) is 0.282. The molecule has 0 heterocycles. The second kappa shape index (κ2) is 9.71. The van der Waals surface area contributed by atoms with Crippen molar-refractivity contribution in [2.45, 2.75) is 24.5 Å². The van der Waals surface area contributed by atoms with Gasteiger partial charge in [0.25, 0.3) is 5.91 Å². The van der Waals surface area contributed by atoms with Crippen LogP contribution in [0.5, 0.6) is 5.75 Å². The minimum Gasteiger partial charge on any atom is -0.510 e. The molecule has 0 spiro atoms. The molecule has 0 radical (unpaired) electrons. The van der Waals surface area contributed by atoms with Crippen molar-refractivity contribution in [3.05, 3.63) is 69.7 Å². The van der Waals surface area contributed by atoms with E-state index >= 15 is 0 Å². The Kier molecular flexibility index (Phi) is 6.66. The number of aromatic carboxylic acids is 1. The predicted molar refractivity (Wildman–Crippen MR) is 150 cm³/mol. The van der Waals surface area contributed by atoms with E-state index in [-0.39, 0.29) is 35.1 Å². The molecule has 2 aromatic rings. The number of carbonyl (C=O) groups is 4. The summed E-state index contributed by atoms with van der Waals surface area (Å²) in [5.41, 5.74) is 3.19. The second-order valence-corrected chi connectivity index (χ2v) is 11.4. The van der Waals surface area contributed by atoms with Crippen molar-refractivity contribution in [3.8, 4) is 16.9 Å². The molecular weight excluding hydrogens is 546 g/mol. The first-order valence-corrected chi connectivity index (χ1v) is 13.2. The van der Waals surface area contributed by atoms with E-state index in [1.165, 1.54) is 29.2 Å². The topological polar surface area (TPSA) is 202 Å². The Labute approximate surface area is 240 Å². The van der Waals surface area contributed by atoms with Gasteiger partial charge in [-0.15, -0.1) is 0 Å². The number of carboxylic acids is 1. The molecule has 5 rings (SSSR count). The first kappa shape index (κ1) is 28.8. The number of phenolic OH excluding ortho intramolecular Hbond substituents is 1. The molecule has 4 atom stereocenters. The zero-order valence-corrected chi connectivity index (χ0v) is 23.4. The third-order valence-electron chi connectivity index (χ3n) is 8.62. The predicted octanol–water partition coefficient (Wildman–Crippen LogP) is 1.55. The highest BCUT2D eigenvalue weighted by Gasteiger charge is 2.63. The number of amides is 1. The van der Waals surface area contributed by atoms with Crippen LogP contribution in [0.15, 0.2) is 53.0 Å². The molecule has 2 aromatic carbocycles. The Morgan fingerprint density at radius 1 is 1.02 bits per heavy atom. The Balaban J connectivity index is 1.73. The number of carbonyl (C=O) groups excluding carboxylic acids is 3. The molecule has 12 nitrogen and oxygen atoms in total. The number of Topliss-reactive ketones (excluding diaryl/α,β-unsaturated/α-hetero) is 2. The molecule has 220 valence electrons. The van der Waals surface area contributed by atoms with Crippen molar-refractivity contribution in [3.63, 3.8) is 0 Å². The first-order chi connectivity index (χ1) is 19.6. The Bertz CT molecular complexity index is 1640. The van der Waals surface area contributed by atoms with E-state index in [0.29, 0.717) is 16.8 Å². The molecule has 12 heteroatoms. The standard InChI is InChI=1S/C30H31N3O9/c1-32(2)18-11-15(12-5-7-13(8-6-12)29(40)41)23(34)20-16(18)9-14-10-17-22(33(3)4)25(36)21(28(31)39)27(38)30(17,42)26(37)19(14)24(20)35/h5-8,11,14,17,22,34,36-37,42H,9-10H2,1-4H3,(H2,31,39)(H,40,41)/t14-,17-,22-,30-/m0/s1. The van der Waals surface area contributed by atoms with Gasteiger partial charge in [-0.25, -0.2) is 4.79 Å². The van der Waals surface area contributed by atoms with Gasteiger partial charge in [0.1, 0.15) is 22.8 Å². The molecule has 42 heavy (non-hydrogen) atoms. The number of nitrogens with zero attached hydrogens (tertiary/aromatic N) is 2. The van der Waals surface area contributed by atoms with Crippen LogP contribution in [-0.4, -0.2) is 93.7 Å². The van der Waals surface area contributed by atoms with Crippen molar-refractivity contribution in [2.75, 3.05) is 33.1 Å². The number of aromatic hydroxyl groups is 1. The highest BCUT2D eigenvalue weighted by molar-refractivity contribution is 6.25. The van der Waals surface area contributed by atoms with Crippen LogP contribution in [0, 0.1) is 11.8 Å².